The number of hydrogen-bond donors (Lipinski definition) is 2. The van der Waals surface area contributed by atoms with Crippen molar-refractivity contribution in [2.24, 2.45) is 0 Å². The van der Waals surface area contributed by atoms with Crippen LogP contribution in [-0.2, 0) is 12.1 Å². The molecule has 2 atom stereocenters. The van der Waals surface area contributed by atoms with Gasteiger partial charge in [-0.25, -0.2) is 4.98 Å². The third kappa shape index (κ3) is 1.84. The van der Waals surface area contributed by atoms with E-state index in [4.69, 9.17) is 0 Å². The van der Waals surface area contributed by atoms with Crippen molar-refractivity contribution in [2.45, 2.75) is 38.2 Å². The van der Waals surface area contributed by atoms with Gasteiger partial charge in [0.15, 0.2) is 5.82 Å². The Morgan fingerprint density at radius 3 is 2.62 bits per heavy atom. The molecule has 0 aromatic carbocycles. The van der Waals surface area contributed by atoms with Crippen LogP contribution in [0, 0.1) is 0 Å². The molecule has 3 heterocycles. The van der Waals surface area contributed by atoms with Crippen molar-refractivity contribution in [1.82, 2.24) is 19.3 Å². The van der Waals surface area contributed by atoms with Crippen LogP contribution in [0.1, 0.15) is 25.7 Å². The second kappa shape index (κ2) is 4.00. The largest absolute Gasteiger partial charge is 0.492 e. The van der Waals surface area contributed by atoms with Gasteiger partial charge in [-0.2, -0.15) is 13.2 Å². The van der Waals surface area contributed by atoms with Gasteiger partial charge in [-0.1, -0.05) is 0 Å². The van der Waals surface area contributed by atoms with Crippen LogP contribution in [0.15, 0.2) is 12.3 Å². The summed E-state index contributed by atoms with van der Waals surface area (Å²) in [5.41, 5.74) is -2.22. The summed E-state index contributed by atoms with van der Waals surface area (Å²) >= 11 is 0. The predicted molar refractivity (Wildman–Crippen MR) is 65.4 cm³/mol. The number of aliphatic hydroxyl groups is 1. The molecule has 0 radical (unpaired) electrons. The lowest BCUT2D eigenvalue weighted by molar-refractivity contribution is -0.262. The molecule has 1 aliphatic heterocycles. The van der Waals surface area contributed by atoms with E-state index >= 15 is 0 Å². The summed E-state index contributed by atoms with van der Waals surface area (Å²) in [5, 5.41) is 23.2. The zero-order chi connectivity index (χ0) is 15.6. The molecular formula is C12H13F3N4O2. The number of fused-ring (bicyclic) bond motifs is 3. The Balaban J connectivity index is 2.20. The lowest BCUT2D eigenvalue weighted by atomic mass is 10.0. The topological polar surface area (TPSA) is 76.1 Å². The van der Waals surface area contributed by atoms with Crippen molar-refractivity contribution in [3.8, 4) is 17.3 Å². The van der Waals surface area contributed by atoms with Crippen LogP contribution < -0.4 is 0 Å². The average Bonchev–Trinajstić information content (AvgIpc) is 2.90. The van der Waals surface area contributed by atoms with E-state index in [0.717, 1.165) is 0 Å². The quantitative estimate of drug-likeness (QED) is 0.842. The van der Waals surface area contributed by atoms with Gasteiger partial charge in [-0.05, 0) is 13.8 Å². The average molecular weight is 302 g/mol. The van der Waals surface area contributed by atoms with Crippen LogP contribution in [0.3, 0.4) is 0 Å². The second-order valence-corrected chi connectivity index (χ2v) is 5.33. The van der Waals surface area contributed by atoms with E-state index in [1.54, 1.807) is 6.92 Å². The van der Waals surface area contributed by atoms with E-state index in [1.165, 1.54) is 21.5 Å². The molecule has 9 heteroatoms. The lowest BCUT2D eigenvalue weighted by Crippen LogP contribution is -2.42. The maximum atomic E-state index is 13.0. The Morgan fingerprint density at radius 1 is 1.33 bits per heavy atom. The van der Waals surface area contributed by atoms with Gasteiger partial charge in [0.1, 0.15) is 0 Å². The smallest absolute Gasteiger partial charge is 0.424 e. The van der Waals surface area contributed by atoms with Crippen LogP contribution in [0.25, 0.3) is 11.4 Å². The highest BCUT2D eigenvalue weighted by Crippen LogP contribution is 2.42. The van der Waals surface area contributed by atoms with Crippen molar-refractivity contribution in [2.75, 3.05) is 0 Å². The standard InChI is InChI=1S/C12H13F3N4O2/c1-6-5-18-7(3-9(20)17-18)8-4-16-10(19(6)8)11(2,21)12(13,14)15/h3-4,6,21H,5H2,1-2H3,(H,17,20)/t6-,11+/m0/s1. The first-order valence-corrected chi connectivity index (χ1v) is 6.27. The first-order valence-electron chi connectivity index (χ1n) is 6.27. The number of alkyl halides is 3. The number of hydrogen-bond acceptors (Lipinski definition) is 4. The minimum atomic E-state index is -4.84. The SMILES string of the molecule is C[C@H]1Cn2nc(O)cc2-c2cnc([C@@](C)(O)C(F)(F)F)n21. The Morgan fingerprint density at radius 2 is 2.00 bits per heavy atom. The summed E-state index contributed by atoms with van der Waals surface area (Å²) in [4.78, 5) is 3.76. The van der Waals surface area contributed by atoms with Crippen LogP contribution in [-0.4, -0.2) is 35.7 Å². The number of halogens is 3. The molecule has 6 nitrogen and oxygen atoms in total. The summed E-state index contributed by atoms with van der Waals surface area (Å²) < 4.78 is 41.9. The minimum Gasteiger partial charge on any atom is -0.492 e. The number of aromatic nitrogens is 4. The van der Waals surface area contributed by atoms with Gasteiger partial charge in [0.2, 0.25) is 11.5 Å². The van der Waals surface area contributed by atoms with Gasteiger partial charge in [0.05, 0.1) is 30.2 Å². The van der Waals surface area contributed by atoms with Crippen molar-refractivity contribution >= 4 is 0 Å². The van der Waals surface area contributed by atoms with E-state index in [2.05, 4.69) is 10.1 Å². The summed E-state index contributed by atoms with van der Waals surface area (Å²) in [5.74, 6) is -0.680. The highest BCUT2D eigenvalue weighted by molar-refractivity contribution is 5.58. The summed E-state index contributed by atoms with van der Waals surface area (Å²) in [6, 6.07) is 0.962. The molecule has 3 rings (SSSR count). The van der Waals surface area contributed by atoms with Crippen molar-refractivity contribution in [1.29, 1.82) is 0 Å². The monoisotopic (exact) mass is 302 g/mol. The Kier molecular flexibility index (Phi) is 2.65. The molecule has 0 spiro atoms. The molecule has 114 valence electrons. The fourth-order valence-corrected chi connectivity index (χ4v) is 2.56. The van der Waals surface area contributed by atoms with Crippen molar-refractivity contribution in [3.05, 3.63) is 18.1 Å². The molecular weight excluding hydrogens is 289 g/mol. The fourth-order valence-electron chi connectivity index (χ4n) is 2.56. The first-order chi connectivity index (χ1) is 9.63. The van der Waals surface area contributed by atoms with E-state index in [0.29, 0.717) is 18.3 Å². The molecule has 0 bridgehead atoms. The van der Waals surface area contributed by atoms with E-state index in [1.807, 2.05) is 0 Å². The lowest BCUT2D eigenvalue weighted by Gasteiger charge is -2.31. The number of rotatable bonds is 1. The Hall–Kier alpha value is -2.03. The maximum absolute atomic E-state index is 13.0. The van der Waals surface area contributed by atoms with E-state index in [9.17, 15) is 23.4 Å². The number of nitrogens with zero attached hydrogens (tertiary/aromatic N) is 4. The molecule has 0 fully saturated rings. The van der Waals surface area contributed by atoms with Crippen molar-refractivity contribution < 1.29 is 23.4 Å². The van der Waals surface area contributed by atoms with Gasteiger partial charge >= 0.3 is 6.18 Å². The molecule has 0 aliphatic carbocycles. The second-order valence-electron chi connectivity index (χ2n) is 5.33. The summed E-state index contributed by atoms with van der Waals surface area (Å²) in [6.45, 7) is 2.65. The van der Waals surface area contributed by atoms with Gasteiger partial charge in [-0.3, -0.25) is 4.68 Å². The van der Waals surface area contributed by atoms with Crippen LogP contribution in [0.2, 0.25) is 0 Å². The van der Waals surface area contributed by atoms with Gasteiger partial charge in [0.25, 0.3) is 0 Å². The summed E-state index contributed by atoms with van der Waals surface area (Å²) in [6.07, 6.45) is -3.59. The molecule has 2 aromatic rings. The number of aromatic hydroxyl groups is 1. The molecule has 0 saturated heterocycles. The molecule has 21 heavy (non-hydrogen) atoms. The minimum absolute atomic E-state index is 0.212. The molecule has 0 saturated carbocycles. The Bertz CT molecular complexity index is 702. The van der Waals surface area contributed by atoms with E-state index in [-0.39, 0.29) is 12.4 Å². The zero-order valence-electron chi connectivity index (χ0n) is 11.3. The third-order valence-electron chi connectivity index (χ3n) is 3.69. The fraction of sp³-hybridized carbons (Fsp3) is 0.500. The van der Waals surface area contributed by atoms with Crippen molar-refractivity contribution in [3.63, 3.8) is 0 Å². The van der Waals surface area contributed by atoms with Gasteiger partial charge in [0, 0.05) is 6.07 Å². The molecule has 2 N–H and O–H groups in total. The van der Waals surface area contributed by atoms with Gasteiger partial charge in [-0.15, -0.1) is 5.10 Å². The van der Waals surface area contributed by atoms with Crippen LogP contribution in [0.4, 0.5) is 13.2 Å². The highest BCUT2D eigenvalue weighted by atomic mass is 19.4. The highest BCUT2D eigenvalue weighted by Gasteiger charge is 2.55. The summed E-state index contributed by atoms with van der Waals surface area (Å²) in [7, 11) is 0. The third-order valence-corrected chi connectivity index (χ3v) is 3.69. The maximum Gasteiger partial charge on any atom is 0.424 e. The molecule has 0 unspecified atom stereocenters. The Labute approximate surface area is 117 Å². The normalized spacial score (nSPS) is 20.8. The molecule has 0 amide bonds. The van der Waals surface area contributed by atoms with Crippen LogP contribution in [0.5, 0.6) is 5.88 Å². The van der Waals surface area contributed by atoms with Crippen LogP contribution >= 0.6 is 0 Å². The zero-order valence-corrected chi connectivity index (χ0v) is 11.3. The first kappa shape index (κ1) is 13.9. The van der Waals surface area contributed by atoms with Gasteiger partial charge < -0.3 is 14.8 Å². The molecule has 1 aliphatic rings. The predicted octanol–water partition coefficient (Wildman–Crippen LogP) is 1.80. The van der Waals surface area contributed by atoms with E-state index < -0.39 is 23.6 Å². The number of imidazole rings is 1. The molecule has 2 aromatic heterocycles.